The number of isocyanates is 3. The fraction of sp³-hybridized carbons (Fsp3) is 0.750. The van der Waals surface area contributed by atoms with E-state index in [0.29, 0.717) is 57.8 Å². The highest BCUT2D eigenvalue weighted by molar-refractivity contribution is 5.92. The number of rotatable bonds is 3. The summed E-state index contributed by atoms with van der Waals surface area (Å²) < 4.78 is -2.47. The van der Waals surface area contributed by atoms with Gasteiger partial charge in [0.15, 0.2) is 0 Å². The Labute approximate surface area is 209 Å². The number of quaternary nitrogens is 3. The Hall–Kier alpha value is -2.97. The van der Waals surface area contributed by atoms with Crippen LogP contribution in [0.5, 0.6) is 0 Å². The number of hydrogen-bond donors (Lipinski definition) is 0. The number of nitrogens with zero attached hydrogens (tertiary/aromatic N) is 6. The second kappa shape index (κ2) is 10.6. The molecular weight excluding hydrogens is 468 g/mol. The summed E-state index contributed by atoms with van der Waals surface area (Å²) in [5.74, 6) is 0. The molecule has 4 aliphatic rings. The number of amides is 6. The first-order valence-corrected chi connectivity index (χ1v) is 13.0. The Morgan fingerprint density at radius 1 is 0.472 bits per heavy atom. The first-order chi connectivity index (χ1) is 17.5. The van der Waals surface area contributed by atoms with E-state index in [4.69, 9.17) is 0 Å². The highest BCUT2D eigenvalue weighted by Gasteiger charge is 2.84. The lowest BCUT2D eigenvalue weighted by Crippen LogP contribution is -2.89. The summed E-state index contributed by atoms with van der Waals surface area (Å²) in [4.78, 5) is 90.8. The number of imide groups is 3. The zero-order valence-corrected chi connectivity index (χ0v) is 20.5. The van der Waals surface area contributed by atoms with Crippen LogP contribution in [0.25, 0.3) is 0 Å². The monoisotopic (exact) mass is 501 g/mol. The van der Waals surface area contributed by atoms with E-state index in [1.165, 1.54) is 0 Å². The zero-order chi connectivity index (χ0) is 25.8. The van der Waals surface area contributed by atoms with E-state index in [2.05, 4.69) is 15.0 Å². The summed E-state index contributed by atoms with van der Waals surface area (Å²) in [5.41, 5.74) is 0. The maximum Gasteiger partial charge on any atom is 0.542 e. The van der Waals surface area contributed by atoms with Gasteiger partial charge in [-0.1, -0.05) is 13.4 Å². The van der Waals surface area contributed by atoms with Gasteiger partial charge in [-0.25, -0.2) is 14.4 Å². The van der Waals surface area contributed by atoms with Crippen LogP contribution in [0, 0.1) is 0 Å². The van der Waals surface area contributed by atoms with Crippen LogP contribution >= 0.6 is 0 Å². The maximum absolute atomic E-state index is 14.8. The molecule has 4 heterocycles. The minimum atomic E-state index is -1.05. The van der Waals surface area contributed by atoms with Crippen molar-refractivity contribution in [3.63, 3.8) is 0 Å². The van der Waals surface area contributed by atoms with Gasteiger partial charge in [-0.2, -0.15) is 14.4 Å². The smallest absolute Gasteiger partial charge is 0.211 e. The van der Waals surface area contributed by atoms with E-state index in [1.54, 1.807) is 18.2 Å². The molecule has 3 atom stereocenters. The van der Waals surface area contributed by atoms with Crippen LogP contribution in [0.15, 0.2) is 15.0 Å². The summed E-state index contributed by atoms with van der Waals surface area (Å²) in [6.07, 6.45) is 8.08. The van der Waals surface area contributed by atoms with E-state index in [0.717, 1.165) is 19.3 Å². The van der Waals surface area contributed by atoms with Gasteiger partial charge in [0.2, 0.25) is 36.7 Å². The fourth-order valence-corrected chi connectivity index (χ4v) is 6.91. The van der Waals surface area contributed by atoms with Crippen LogP contribution in [-0.2, 0) is 14.4 Å². The molecular formula is C24H33N6O6+3. The van der Waals surface area contributed by atoms with Crippen molar-refractivity contribution in [1.82, 2.24) is 0 Å². The number of aliphatic imine (C=N–C) groups is 3. The lowest BCUT2D eigenvalue weighted by molar-refractivity contribution is -1.04. The predicted molar refractivity (Wildman–Crippen MR) is 123 cm³/mol. The molecule has 192 valence electrons. The second-order valence-electron chi connectivity index (χ2n) is 10.3. The van der Waals surface area contributed by atoms with E-state index in [9.17, 15) is 28.8 Å². The molecule has 12 nitrogen and oxygen atoms in total. The second-order valence-corrected chi connectivity index (χ2v) is 10.3. The molecule has 4 fully saturated rings. The number of carbonyl (C=O) groups excluding carboxylic acids is 6. The summed E-state index contributed by atoms with van der Waals surface area (Å²) in [6, 6.07) is -2.07. The summed E-state index contributed by atoms with van der Waals surface area (Å²) in [6.45, 7) is 0.196. The van der Waals surface area contributed by atoms with Crippen molar-refractivity contribution < 1.29 is 42.2 Å². The SMILES string of the molecule is O=C=NC1CCCCC[N+]12C(=O)[N+]1(CCCCCC1N=C=O)C(=O)[N+]1(CCCCCC1N=C=O)C2=O. The summed E-state index contributed by atoms with van der Waals surface area (Å²) in [7, 11) is 0. The Bertz CT molecular complexity index is 920. The van der Waals surface area contributed by atoms with Crippen molar-refractivity contribution in [2.45, 2.75) is 95.5 Å². The van der Waals surface area contributed by atoms with Crippen molar-refractivity contribution in [3.05, 3.63) is 0 Å². The van der Waals surface area contributed by atoms with Crippen LogP contribution in [0.2, 0.25) is 0 Å². The average molecular weight is 502 g/mol. The van der Waals surface area contributed by atoms with Crippen LogP contribution in [-0.4, -0.2) is 87.9 Å². The molecule has 0 N–H and O–H groups in total. The highest BCUT2D eigenvalue weighted by Crippen LogP contribution is 2.47. The maximum atomic E-state index is 14.8. The molecule has 0 aromatic carbocycles. The summed E-state index contributed by atoms with van der Waals surface area (Å²) in [5, 5.41) is 0. The lowest BCUT2D eigenvalue weighted by Gasteiger charge is -2.50. The third kappa shape index (κ3) is 3.69. The molecule has 0 radical (unpaired) electrons. The minimum Gasteiger partial charge on any atom is -0.211 e. The van der Waals surface area contributed by atoms with Crippen LogP contribution < -0.4 is 0 Å². The van der Waals surface area contributed by atoms with Crippen molar-refractivity contribution in [1.29, 1.82) is 0 Å². The molecule has 0 aliphatic carbocycles. The third-order valence-electron chi connectivity index (χ3n) is 8.60. The van der Waals surface area contributed by atoms with Crippen LogP contribution in [0.4, 0.5) is 14.4 Å². The molecule has 0 bridgehead atoms. The fourth-order valence-electron chi connectivity index (χ4n) is 6.91. The van der Waals surface area contributed by atoms with E-state index >= 15 is 0 Å². The number of carbonyl (C=O) groups is 3. The van der Waals surface area contributed by atoms with Crippen molar-refractivity contribution in [2.75, 3.05) is 19.6 Å². The van der Waals surface area contributed by atoms with E-state index in [-0.39, 0.29) is 19.6 Å². The molecule has 12 heteroatoms. The predicted octanol–water partition coefficient (Wildman–Crippen LogP) is 3.52. The molecule has 4 saturated heterocycles. The summed E-state index contributed by atoms with van der Waals surface area (Å²) >= 11 is 0. The van der Waals surface area contributed by atoms with E-state index < -0.39 is 50.0 Å². The van der Waals surface area contributed by atoms with Gasteiger partial charge in [-0.3, -0.25) is 0 Å². The Morgan fingerprint density at radius 2 is 0.750 bits per heavy atom. The van der Waals surface area contributed by atoms with Gasteiger partial charge in [0.25, 0.3) is 0 Å². The quantitative estimate of drug-likeness (QED) is 0.329. The zero-order valence-electron chi connectivity index (χ0n) is 20.5. The van der Waals surface area contributed by atoms with Gasteiger partial charge in [-0.15, -0.1) is 15.0 Å². The first-order valence-electron chi connectivity index (χ1n) is 13.0. The van der Waals surface area contributed by atoms with Gasteiger partial charge in [0.05, 0.1) is 0 Å². The molecule has 6 amide bonds. The third-order valence-corrected chi connectivity index (χ3v) is 8.60. The van der Waals surface area contributed by atoms with Gasteiger partial charge in [-0.05, 0) is 57.8 Å². The van der Waals surface area contributed by atoms with Crippen LogP contribution in [0.1, 0.15) is 77.0 Å². The van der Waals surface area contributed by atoms with Gasteiger partial charge < -0.3 is 0 Å². The Balaban J connectivity index is 2.10. The first kappa shape index (κ1) is 26.1. The lowest BCUT2D eigenvalue weighted by atomic mass is 10.1. The van der Waals surface area contributed by atoms with Gasteiger partial charge in [0, 0.05) is 19.3 Å². The molecule has 0 saturated carbocycles. The molecule has 3 unspecified atom stereocenters. The van der Waals surface area contributed by atoms with Crippen molar-refractivity contribution >= 4 is 36.3 Å². The minimum absolute atomic E-state index is 0.0653. The Kier molecular flexibility index (Phi) is 7.66. The largest absolute Gasteiger partial charge is 0.542 e. The normalized spacial score (nSPS) is 39.3. The van der Waals surface area contributed by atoms with Gasteiger partial charge in [0.1, 0.15) is 19.6 Å². The molecule has 4 rings (SSSR count). The topological polar surface area (TPSA) is 140 Å². The molecule has 3 spiro atoms. The van der Waals surface area contributed by atoms with E-state index in [1.807, 2.05) is 0 Å². The number of urea groups is 3. The highest BCUT2D eigenvalue weighted by atomic mass is 16.3. The van der Waals surface area contributed by atoms with Gasteiger partial charge >= 0.3 is 18.1 Å². The van der Waals surface area contributed by atoms with Crippen molar-refractivity contribution in [2.24, 2.45) is 15.0 Å². The standard InChI is InChI=1S/C24H33N6O6/c31-16-25-19-10-4-1-7-13-28(19)22(34)29(14-8-2-5-11-20(29)26-17-32)24(36)30(23(28)35)15-9-3-6-12-21(30)27-18-33/h19-21H,1-15H2/q+3. The number of hydrogen-bond acceptors (Lipinski definition) is 9. The van der Waals surface area contributed by atoms with Crippen LogP contribution in [0.3, 0.4) is 0 Å². The molecule has 0 aromatic rings. The average Bonchev–Trinajstić information content (AvgIpc) is 3.31. The molecule has 36 heavy (non-hydrogen) atoms. The molecule has 0 aromatic heterocycles. The molecule has 4 aliphatic heterocycles. The Morgan fingerprint density at radius 3 is 1.00 bits per heavy atom. The van der Waals surface area contributed by atoms with Crippen molar-refractivity contribution in [3.8, 4) is 0 Å².